The first-order chi connectivity index (χ1) is 5.11. The van der Waals surface area contributed by atoms with E-state index in [-0.39, 0.29) is 5.78 Å². The van der Waals surface area contributed by atoms with Crippen LogP contribution in [-0.4, -0.2) is 34.5 Å². The Kier molecular flexibility index (Phi) is 2.38. The highest BCUT2D eigenvalue weighted by molar-refractivity contribution is 5.94. The van der Waals surface area contributed by atoms with Crippen molar-refractivity contribution in [1.29, 1.82) is 0 Å². The molecule has 0 saturated carbocycles. The summed E-state index contributed by atoms with van der Waals surface area (Å²) >= 11 is 0. The normalized spacial score (nSPS) is 33.9. The quantitative estimate of drug-likeness (QED) is 0.524. The smallest absolute Gasteiger partial charge is 0.187 e. The zero-order valence-electron chi connectivity index (χ0n) is 6.10. The highest BCUT2D eigenvalue weighted by Crippen LogP contribution is 2.10. The van der Waals surface area contributed by atoms with Crippen molar-refractivity contribution in [2.75, 3.05) is 0 Å². The minimum Gasteiger partial charge on any atom is -0.390 e. The molecular weight excluding hydrogens is 148 g/mol. The Hall–Kier alpha value is -0.710. The van der Waals surface area contributed by atoms with E-state index in [0.717, 1.165) is 0 Å². The molecule has 0 amide bonds. The Morgan fingerprint density at radius 1 is 1.73 bits per heavy atom. The monoisotopic (exact) mass is 158 g/mol. The van der Waals surface area contributed by atoms with Gasteiger partial charge in [-0.25, -0.2) is 0 Å². The summed E-state index contributed by atoms with van der Waals surface area (Å²) in [7, 11) is 0. The number of ketones is 1. The molecule has 4 heteroatoms. The average molecular weight is 158 g/mol. The fraction of sp³-hybridized carbons (Fsp3) is 0.571. The van der Waals surface area contributed by atoms with Crippen molar-refractivity contribution < 1.29 is 19.7 Å². The summed E-state index contributed by atoms with van der Waals surface area (Å²) in [4.78, 5) is 10.9. The molecule has 0 radical (unpaired) electrons. The molecule has 1 aliphatic rings. The molecule has 3 unspecified atom stereocenters. The van der Waals surface area contributed by atoms with Gasteiger partial charge in [0.2, 0.25) is 0 Å². The lowest BCUT2D eigenvalue weighted by Gasteiger charge is -2.23. The summed E-state index contributed by atoms with van der Waals surface area (Å²) in [5, 5.41) is 17.8. The van der Waals surface area contributed by atoms with Crippen molar-refractivity contribution in [2.45, 2.75) is 25.4 Å². The molecular formula is C7H10O4. The third kappa shape index (κ3) is 1.86. The summed E-state index contributed by atoms with van der Waals surface area (Å²) in [6, 6.07) is 0. The molecule has 3 atom stereocenters. The fourth-order valence-electron chi connectivity index (χ4n) is 0.886. The van der Waals surface area contributed by atoms with Crippen LogP contribution in [0.25, 0.3) is 0 Å². The van der Waals surface area contributed by atoms with Crippen LogP contribution in [0.15, 0.2) is 12.2 Å². The van der Waals surface area contributed by atoms with Crippen molar-refractivity contribution in [3.63, 3.8) is 0 Å². The lowest BCUT2D eigenvalue weighted by atomic mass is 10.1. The number of rotatable bonds is 1. The SMILES string of the molecule is CC(O)C1OC(O)C=CC1=O. The summed E-state index contributed by atoms with van der Waals surface area (Å²) in [5.74, 6) is -0.315. The van der Waals surface area contributed by atoms with Crippen molar-refractivity contribution in [2.24, 2.45) is 0 Å². The van der Waals surface area contributed by atoms with E-state index in [0.29, 0.717) is 0 Å². The third-order valence-electron chi connectivity index (χ3n) is 1.43. The van der Waals surface area contributed by atoms with Gasteiger partial charge in [-0.1, -0.05) is 0 Å². The molecule has 0 fully saturated rings. The minimum atomic E-state index is -1.08. The summed E-state index contributed by atoms with van der Waals surface area (Å²) < 4.78 is 4.73. The van der Waals surface area contributed by atoms with Crippen molar-refractivity contribution >= 4 is 5.78 Å². The van der Waals surface area contributed by atoms with E-state index < -0.39 is 18.5 Å². The molecule has 0 spiro atoms. The minimum absolute atomic E-state index is 0.315. The zero-order valence-corrected chi connectivity index (χ0v) is 6.10. The Labute approximate surface area is 64.1 Å². The van der Waals surface area contributed by atoms with E-state index in [1.54, 1.807) is 0 Å². The van der Waals surface area contributed by atoms with E-state index >= 15 is 0 Å². The molecule has 62 valence electrons. The van der Waals surface area contributed by atoms with Crippen LogP contribution < -0.4 is 0 Å². The Morgan fingerprint density at radius 2 is 2.36 bits per heavy atom. The van der Waals surface area contributed by atoms with Crippen molar-refractivity contribution in [1.82, 2.24) is 0 Å². The summed E-state index contributed by atoms with van der Waals surface area (Å²) in [6.45, 7) is 1.44. The van der Waals surface area contributed by atoms with Gasteiger partial charge in [-0.15, -0.1) is 0 Å². The van der Waals surface area contributed by atoms with Crippen LogP contribution in [-0.2, 0) is 9.53 Å². The van der Waals surface area contributed by atoms with Crippen molar-refractivity contribution in [3.8, 4) is 0 Å². The predicted octanol–water partition coefficient (Wildman–Crippen LogP) is -0.790. The summed E-state index contributed by atoms with van der Waals surface area (Å²) in [6.07, 6.45) is -0.434. The van der Waals surface area contributed by atoms with Gasteiger partial charge in [-0.05, 0) is 19.1 Å². The fourth-order valence-corrected chi connectivity index (χ4v) is 0.886. The molecule has 0 bridgehead atoms. The first kappa shape index (κ1) is 8.39. The molecule has 0 aromatic rings. The van der Waals surface area contributed by atoms with Crippen LogP contribution in [0.5, 0.6) is 0 Å². The van der Waals surface area contributed by atoms with Gasteiger partial charge in [-0.2, -0.15) is 0 Å². The second-order valence-electron chi connectivity index (χ2n) is 2.45. The van der Waals surface area contributed by atoms with E-state index in [4.69, 9.17) is 14.9 Å². The summed E-state index contributed by atoms with van der Waals surface area (Å²) in [5.41, 5.74) is 0. The average Bonchev–Trinajstić information content (AvgIpc) is 1.94. The van der Waals surface area contributed by atoms with Gasteiger partial charge in [0, 0.05) is 0 Å². The molecule has 0 aromatic heterocycles. The van der Waals surface area contributed by atoms with Gasteiger partial charge in [0.25, 0.3) is 0 Å². The third-order valence-corrected chi connectivity index (χ3v) is 1.43. The molecule has 0 aromatic carbocycles. The highest BCUT2D eigenvalue weighted by atomic mass is 16.6. The van der Waals surface area contributed by atoms with E-state index in [2.05, 4.69) is 0 Å². The predicted molar refractivity (Wildman–Crippen MR) is 36.7 cm³/mol. The first-order valence-corrected chi connectivity index (χ1v) is 3.35. The van der Waals surface area contributed by atoms with Crippen LogP contribution >= 0.6 is 0 Å². The second kappa shape index (κ2) is 3.13. The van der Waals surface area contributed by atoms with E-state index in [1.807, 2.05) is 0 Å². The number of ether oxygens (including phenoxy) is 1. The van der Waals surface area contributed by atoms with Gasteiger partial charge in [0.1, 0.15) is 6.10 Å². The molecule has 11 heavy (non-hydrogen) atoms. The largest absolute Gasteiger partial charge is 0.390 e. The lowest BCUT2D eigenvalue weighted by Crippen LogP contribution is -2.39. The van der Waals surface area contributed by atoms with Gasteiger partial charge >= 0.3 is 0 Å². The Morgan fingerprint density at radius 3 is 2.82 bits per heavy atom. The molecule has 0 aliphatic carbocycles. The molecule has 0 saturated heterocycles. The van der Waals surface area contributed by atoms with Gasteiger partial charge in [0.05, 0.1) is 6.10 Å². The zero-order chi connectivity index (χ0) is 8.43. The second-order valence-corrected chi connectivity index (χ2v) is 2.45. The number of carbonyl (C=O) groups excluding carboxylic acids is 1. The molecule has 1 heterocycles. The lowest BCUT2D eigenvalue weighted by molar-refractivity contribution is -0.162. The van der Waals surface area contributed by atoms with Crippen LogP contribution in [0, 0.1) is 0 Å². The van der Waals surface area contributed by atoms with E-state index in [1.165, 1.54) is 19.1 Å². The maximum atomic E-state index is 10.9. The number of hydrogen-bond donors (Lipinski definition) is 2. The highest BCUT2D eigenvalue weighted by Gasteiger charge is 2.27. The number of carbonyl (C=O) groups is 1. The van der Waals surface area contributed by atoms with Crippen molar-refractivity contribution in [3.05, 3.63) is 12.2 Å². The molecule has 4 nitrogen and oxygen atoms in total. The maximum absolute atomic E-state index is 10.9. The Bertz CT molecular complexity index is 185. The molecule has 1 rings (SSSR count). The maximum Gasteiger partial charge on any atom is 0.187 e. The first-order valence-electron chi connectivity index (χ1n) is 3.35. The van der Waals surface area contributed by atoms with Gasteiger partial charge in [0.15, 0.2) is 12.1 Å². The Balaban J connectivity index is 2.68. The molecule has 1 aliphatic heterocycles. The van der Waals surface area contributed by atoms with E-state index in [9.17, 15) is 4.79 Å². The number of hydrogen-bond acceptors (Lipinski definition) is 4. The topological polar surface area (TPSA) is 66.8 Å². The number of aliphatic hydroxyl groups excluding tert-OH is 2. The number of aliphatic hydroxyl groups is 2. The molecule has 2 N–H and O–H groups in total. The van der Waals surface area contributed by atoms with Crippen LogP contribution in [0.4, 0.5) is 0 Å². The van der Waals surface area contributed by atoms with Crippen LogP contribution in [0.3, 0.4) is 0 Å². The van der Waals surface area contributed by atoms with Crippen LogP contribution in [0.1, 0.15) is 6.92 Å². The van der Waals surface area contributed by atoms with Gasteiger partial charge < -0.3 is 14.9 Å². The standard InChI is InChI=1S/C7H10O4/c1-4(8)7-5(9)2-3-6(10)11-7/h2-4,6-8,10H,1H3. The van der Waals surface area contributed by atoms with Crippen LogP contribution in [0.2, 0.25) is 0 Å². The van der Waals surface area contributed by atoms with Gasteiger partial charge in [-0.3, -0.25) is 4.79 Å².